The molecule has 0 atom stereocenters. The summed E-state index contributed by atoms with van der Waals surface area (Å²) in [6.07, 6.45) is 0. The lowest BCUT2D eigenvalue weighted by atomic mass is 10.1. The highest BCUT2D eigenvalue weighted by atomic mass is 32.1. The van der Waals surface area contributed by atoms with Crippen molar-refractivity contribution in [2.45, 2.75) is 20.8 Å². The number of furan rings is 1. The van der Waals surface area contributed by atoms with Crippen LogP contribution in [-0.4, -0.2) is 35.3 Å². The van der Waals surface area contributed by atoms with E-state index < -0.39 is 0 Å². The lowest BCUT2D eigenvalue weighted by molar-refractivity contribution is 0.102. The average Bonchev–Trinajstić information content (AvgIpc) is 3.56. The number of carbonyl (C=O) groups excluding carboxylic acids is 1. The number of anilines is 1. The van der Waals surface area contributed by atoms with Crippen molar-refractivity contribution < 1.29 is 23.2 Å². The Balaban J connectivity index is 1.48. The molecule has 0 radical (unpaired) electrons. The molecule has 0 aliphatic carbocycles. The van der Waals surface area contributed by atoms with Crippen LogP contribution >= 0.6 is 11.3 Å². The van der Waals surface area contributed by atoms with Gasteiger partial charge in [-0.2, -0.15) is 0 Å². The van der Waals surface area contributed by atoms with Crippen LogP contribution in [0.5, 0.6) is 11.5 Å². The van der Waals surface area contributed by atoms with Crippen LogP contribution in [0.15, 0.2) is 44.7 Å². The summed E-state index contributed by atoms with van der Waals surface area (Å²) in [5.74, 6) is 2.35. The number of thiazole rings is 1. The minimum absolute atomic E-state index is 0.286. The van der Waals surface area contributed by atoms with E-state index in [1.54, 1.807) is 27.2 Å². The van der Waals surface area contributed by atoms with Gasteiger partial charge in [0.05, 0.1) is 42.3 Å². The summed E-state index contributed by atoms with van der Waals surface area (Å²) in [4.78, 5) is 22.5. The van der Waals surface area contributed by atoms with Gasteiger partial charge in [0.2, 0.25) is 0 Å². The van der Waals surface area contributed by atoms with Crippen molar-refractivity contribution in [2.24, 2.45) is 0 Å². The maximum Gasteiger partial charge on any atom is 0.259 e. The number of carbonyl (C=O) groups is 1. The Labute approximate surface area is 204 Å². The Morgan fingerprint density at radius 2 is 1.80 bits per heavy atom. The van der Waals surface area contributed by atoms with Crippen molar-refractivity contribution >= 4 is 33.5 Å². The van der Waals surface area contributed by atoms with E-state index in [0.717, 1.165) is 16.9 Å². The maximum absolute atomic E-state index is 13.4. The smallest absolute Gasteiger partial charge is 0.259 e. The molecule has 0 aliphatic heterocycles. The van der Waals surface area contributed by atoms with Crippen molar-refractivity contribution in [3.8, 4) is 34.0 Å². The Morgan fingerprint density at radius 3 is 2.51 bits per heavy atom. The molecule has 5 rings (SSSR count). The molecule has 0 unspecified atom stereocenters. The highest BCUT2D eigenvalue weighted by Gasteiger charge is 2.22. The van der Waals surface area contributed by atoms with Crippen molar-refractivity contribution in [2.75, 3.05) is 19.5 Å². The molecule has 35 heavy (non-hydrogen) atoms. The molecule has 9 nitrogen and oxygen atoms in total. The third-order valence-corrected chi connectivity index (χ3v) is 6.34. The number of pyridine rings is 1. The summed E-state index contributed by atoms with van der Waals surface area (Å²) in [6, 6.07) is 9.15. The molecule has 0 saturated carbocycles. The molecule has 1 aromatic carbocycles. The first kappa shape index (κ1) is 22.6. The van der Waals surface area contributed by atoms with Crippen LogP contribution in [0.1, 0.15) is 27.6 Å². The fourth-order valence-corrected chi connectivity index (χ4v) is 4.64. The van der Waals surface area contributed by atoms with Gasteiger partial charge in [0.15, 0.2) is 16.6 Å². The topological polar surface area (TPSA) is 113 Å². The molecule has 1 amide bonds. The lowest BCUT2D eigenvalue weighted by Crippen LogP contribution is -2.13. The number of aryl methyl sites for hydroxylation is 3. The number of fused-ring (bicyclic) bond motifs is 1. The second-order valence-corrected chi connectivity index (χ2v) is 8.75. The molecule has 178 valence electrons. The molecule has 5 aromatic rings. The number of nitrogens with zero attached hydrogens (tertiary/aromatic N) is 3. The summed E-state index contributed by atoms with van der Waals surface area (Å²) < 4.78 is 21.7. The number of methoxy groups -OCH3 is 2. The first-order valence-electron chi connectivity index (χ1n) is 10.7. The predicted octanol–water partition coefficient (Wildman–Crippen LogP) is 5.80. The Morgan fingerprint density at radius 1 is 1.00 bits per heavy atom. The van der Waals surface area contributed by atoms with E-state index in [4.69, 9.17) is 18.4 Å². The number of benzene rings is 1. The zero-order valence-corrected chi connectivity index (χ0v) is 20.6. The number of ether oxygens (including phenoxy) is 2. The number of nitrogens with one attached hydrogen (secondary N) is 1. The standard InChI is InChI=1S/C25H22N4O5S/c1-12-8-16(14(3)33-12)18-10-17(22-13(2)29-34-24(22)26-18)23(30)28-25-27-19(11-35-25)15-6-7-20(31-4)21(9-15)32-5/h6-11H,1-5H3,(H,27,28,30). The molecular weight excluding hydrogens is 468 g/mol. The van der Waals surface area contributed by atoms with E-state index in [-0.39, 0.29) is 11.6 Å². The third-order valence-electron chi connectivity index (χ3n) is 5.58. The molecule has 4 heterocycles. The van der Waals surface area contributed by atoms with Crippen molar-refractivity contribution in [3.05, 3.63) is 58.5 Å². The minimum Gasteiger partial charge on any atom is -0.493 e. The van der Waals surface area contributed by atoms with E-state index in [2.05, 4.69) is 20.4 Å². The first-order valence-corrected chi connectivity index (χ1v) is 11.6. The maximum atomic E-state index is 13.4. The Kier molecular flexibility index (Phi) is 5.73. The molecule has 0 fully saturated rings. The predicted molar refractivity (Wildman–Crippen MR) is 132 cm³/mol. The van der Waals surface area contributed by atoms with Crippen molar-refractivity contribution in [1.82, 2.24) is 15.1 Å². The summed E-state index contributed by atoms with van der Waals surface area (Å²) in [5.41, 5.74) is 4.16. The van der Waals surface area contributed by atoms with Crippen molar-refractivity contribution in [1.29, 1.82) is 0 Å². The van der Waals surface area contributed by atoms with Crippen LogP contribution in [0.4, 0.5) is 5.13 Å². The van der Waals surface area contributed by atoms with Gasteiger partial charge < -0.3 is 18.4 Å². The van der Waals surface area contributed by atoms with Crippen LogP contribution < -0.4 is 14.8 Å². The number of amides is 1. The summed E-state index contributed by atoms with van der Waals surface area (Å²) in [7, 11) is 3.17. The normalized spacial score (nSPS) is 11.1. The largest absolute Gasteiger partial charge is 0.493 e. The number of hydrogen-bond acceptors (Lipinski definition) is 9. The highest BCUT2D eigenvalue weighted by Crippen LogP contribution is 2.34. The number of aromatic nitrogens is 3. The average molecular weight is 491 g/mol. The molecule has 0 spiro atoms. The SMILES string of the molecule is COc1ccc(-c2csc(NC(=O)c3cc(-c4cc(C)oc4C)nc4onc(C)c34)n2)cc1OC. The zero-order valence-electron chi connectivity index (χ0n) is 19.8. The number of rotatable bonds is 6. The van der Waals surface area contributed by atoms with Gasteiger partial charge >= 0.3 is 0 Å². The zero-order chi connectivity index (χ0) is 24.7. The third kappa shape index (κ3) is 4.12. The first-order chi connectivity index (χ1) is 16.9. The fourth-order valence-electron chi connectivity index (χ4n) is 3.92. The molecule has 1 N–H and O–H groups in total. The molecule has 0 aliphatic rings. The van der Waals surface area contributed by atoms with Gasteiger partial charge in [-0.25, -0.2) is 9.97 Å². The van der Waals surface area contributed by atoms with Gasteiger partial charge in [-0.1, -0.05) is 5.16 Å². The van der Waals surface area contributed by atoms with E-state index >= 15 is 0 Å². The summed E-state index contributed by atoms with van der Waals surface area (Å²) >= 11 is 1.32. The van der Waals surface area contributed by atoms with E-state index in [1.165, 1.54) is 11.3 Å². The molecule has 4 aromatic heterocycles. The van der Waals surface area contributed by atoms with Gasteiger partial charge in [-0.15, -0.1) is 11.3 Å². The van der Waals surface area contributed by atoms with Gasteiger partial charge in [-0.05, 0) is 51.1 Å². The van der Waals surface area contributed by atoms with E-state index in [1.807, 2.05) is 43.5 Å². The van der Waals surface area contributed by atoms with Gasteiger partial charge in [0.25, 0.3) is 11.6 Å². The molecular formula is C25H22N4O5S. The lowest BCUT2D eigenvalue weighted by Gasteiger charge is -2.08. The second-order valence-electron chi connectivity index (χ2n) is 7.89. The van der Waals surface area contributed by atoms with Crippen LogP contribution in [0.2, 0.25) is 0 Å². The quantitative estimate of drug-likeness (QED) is 0.318. The summed E-state index contributed by atoms with van der Waals surface area (Å²) in [6.45, 7) is 5.49. The van der Waals surface area contributed by atoms with Gasteiger partial charge in [0, 0.05) is 16.5 Å². The fraction of sp³-hybridized carbons (Fsp3) is 0.200. The molecule has 10 heteroatoms. The van der Waals surface area contributed by atoms with E-state index in [0.29, 0.717) is 50.4 Å². The monoisotopic (exact) mass is 490 g/mol. The number of hydrogen-bond donors (Lipinski definition) is 1. The van der Waals surface area contributed by atoms with Crippen molar-refractivity contribution in [3.63, 3.8) is 0 Å². The molecule has 0 bridgehead atoms. The van der Waals surface area contributed by atoms with Gasteiger partial charge in [-0.3, -0.25) is 10.1 Å². The van der Waals surface area contributed by atoms with Crippen LogP contribution in [0, 0.1) is 20.8 Å². The van der Waals surface area contributed by atoms with Crippen LogP contribution in [0.3, 0.4) is 0 Å². The van der Waals surface area contributed by atoms with Crippen LogP contribution in [0.25, 0.3) is 33.6 Å². The highest BCUT2D eigenvalue weighted by molar-refractivity contribution is 7.14. The summed E-state index contributed by atoms with van der Waals surface area (Å²) in [5, 5.41) is 9.78. The Hall–Kier alpha value is -4.18. The van der Waals surface area contributed by atoms with E-state index in [9.17, 15) is 4.79 Å². The Bertz CT molecular complexity index is 1570. The molecule has 0 saturated heterocycles. The second kappa shape index (κ2) is 8.88. The van der Waals surface area contributed by atoms with Crippen LogP contribution in [-0.2, 0) is 0 Å². The van der Waals surface area contributed by atoms with Gasteiger partial charge in [0.1, 0.15) is 11.5 Å². The minimum atomic E-state index is -0.337.